The molecule has 9 heteroatoms. The van der Waals surface area contributed by atoms with Gasteiger partial charge in [0.15, 0.2) is 4.80 Å². The van der Waals surface area contributed by atoms with Crippen molar-refractivity contribution >= 4 is 51.9 Å². The number of rotatable bonds is 6. The zero-order chi connectivity index (χ0) is 26.1. The van der Waals surface area contributed by atoms with Gasteiger partial charge in [0.1, 0.15) is 11.8 Å². The Morgan fingerprint density at radius 1 is 1.16 bits per heavy atom. The molecule has 1 atom stereocenters. The van der Waals surface area contributed by atoms with E-state index in [0.717, 1.165) is 4.88 Å². The molecule has 37 heavy (non-hydrogen) atoms. The molecule has 1 N–H and O–H groups in total. The van der Waals surface area contributed by atoms with Gasteiger partial charge in [-0.15, -0.1) is 11.3 Å². The van der Waals surface area contributed by atoms with E-state index in [4.69, 9.17) is 16.3 Å². The molecule has 5 rings (SSSR count). The molecule has 6 nitrogen and oxygen atoms in total. The van der Waals surface area contributed by atoms with Crippen molar-refractivity contribution in [2.24, 2.45) is 4.99 Å². The van der Waals surface area contributed by atoms with Gasteiger partial charge in [0.25, 0.3) is 11.5 Å². The minimum absolute atomic E-state index is 0.0401. The Hall–Kier alpha value is -3.46. The van der Waals surface area contributed by atoms with Crippen molar-refractivity contribution in [1.29, 1.82) is 0 Å². The fraction of sp³-hybridized carbons (Fsp3) is 0.179. The number of ether oxygens (including phenoxy) is 1. The number of hydrogen-bond acceptors (Lipinski definition) is 6. The zero-order valence-electron chi connectivity index (χ0n) is 20.4. The second-order valence-corrected chi connectivity index (χ2v) is 11.2. The molecule has 1 aliphatic rings. The van der Waals surface area contributed by atoms with Crippen LogP contribution in [0.3, 0.4) is 0 Å². The molecule has 0 fully saturated rings. The number of aromatic nitrogens is 1. The average molecular weight is 550 g/mol. The maximum absolute atomic E-state index is 13.8. The van der Waals surface area contributed by atoms with Gasteiger partial charge in [-0.05, 0) is 68.6 Å². The third kappa shape index (κ3) is 5.18. The second kappa shape index (κ2) is 10.5. The van der Waals surface area contributed by atoms with Crippen LogP contribution in [0.1, 0.15) is 37.3 Å². The van der Waals surface area contributed by atoms with Crippen molar-refractivity contribution in [3.05, 3.63) is 112 Å². The summed E-state index contributed by atoms with van der Waals surface area (Å²) in [5.41, 5.74) is 2.17. The van der Waals surface area contributed by atoms with Gasteiger partial charge in [-0.2, -0.15) is 0 Å². The summed E-state index contributed by atoms with van der Waals surface area (Å²) < 4.78 is 8.03. The van der Waals surface area contributed by atoms with Gasteiger partial charge in [0, 0.05) is 21.2 Å². The van der Waals surface area contributed by atoms with Crippen LogP contribution in [-0.2, 0) is 4.79 Å². The fourth-order valence-electron chi connectivity index (χ4n) is 4.18. The molecule has 0 aliphatic carbocycles. The molecule has 2 aromatic carbocycles. The van der Waals surface area contributed by atoms with Crippen LogP contribution in [0.4, 0.5) is 5.69 Å². The Labute approximate surface area is 226 Å². The molecule has 1 amide bonds. The summed E-state index contributed by atoms with van der Waals surface area (Å²) in [5.74, 6) is 0.349. The quantitative estimate of drug-likeness (QED) is 0.351. The Morgan fingerprint density at radius 3 is 2.65 bits per heavy atom. The van der Waals surface area contributed by atoms with Gasteiger partial charge in [0.2, 0.25) is 0 Å². The van der Waals surface area contributed by atoms with Crippen molar-refractivity contribution < 1.29 is 9.53 Å². The third-order valence-corrected chi connectivity index (χ3v) is 7.87. The van der Waals surface area contributed by atoms with E-state index in [2.05, 4.69) is 10.3 Å². The lowest BCUT2D eigenvalue weighted by Crippen LogP contribution is -2.40. The predicted octanol–water partition coefficient (Wildman–Crippen LogP) is 5.38. The van der Waals surface area contributed by atoms with Gasteiger partial charge >= 0.3 is 0 Å². The van der Waals surface area contributed by atoms with E-state index in [9.17, 15) is 9.59 Å². The molecular formula is C28H24ClN3O3S2. The van der Waals surface area contributed by atoms with Crippen molar-refractivity contribution in [3.63, 3.8) is 0 Å². The first-order valence-electron chi connectivity index (χ1n) is 11.7. The highest BCUT2D eigenvalue weighted by molar-refractivity contribution is 7.10. The summed E-state index contributed by atoms with van der Waals surface area (Å²) in [7, 11) is 0. The molecule has 0 radical (unpaired) electrons. The van der Waals surface area contributed by atoms with E-state index in [1.807, 2.05) is 68.6 Å². The first-order valence-corrected chi connectivity index (χ1v) is 13.8. The highest BCUT2D eigenvalue weighted by atomic mass is 35.5. The van der Waals surface area contributed by atoms with E-state index in [1.165, 1.54) is 22.7 Å². The Kier molecular flexibility index (Phi) is 7.15. The Morgan fingerprint density at radius 2 is 1.95 bits per heavy atom. The number of nitrogens with one attached hydrogen (secondary N) is 1. The minimum atomic E-state index is -0.590. The monoisotopic (exact) mass is 549 g/mol. The lowest BCUT2D eigenvalue weighted by atomic mass is 10.0. The molecule has 4 aromatic rings. The number of carbonyl (C=O) groups is 1. The molecule has 0 saturated heterocycles. The van der Waals surface area contributed by atoms with Crippen LogP contribution in [0.15, 0.2) is 87.1 Å². The summed E-state index contributed by atoms with van der Waals surface area (Å²) in [6.45, 7) is 5.69. The highest BCUT2D eigenvalue weighted by Crippen LogP contribution is 2.33. The maximum atomic E-state index is 13.8. The topological polar surface area (TPSA) is 72.7 Å². The van der Waals surface area contributed by atoms with Crippen LogP contribution >= 0.6 is 34.3 Å². The highest BCUT2D eigenvalue weighted by Gasteiger charge is 2.33. The van der Waals surface area contributed by atoms with Crippen LogP contribution < -0.4 is 24.9 Å². The first-order chi connectivity index (χ1) is 17.8. The van der Waals surface area contributed by atoms with E-state index in [0.29, 0.717) is 42.6 Å². The lowest BCUT2D eigenvalue weighted by molar-refractivity contribution is -0.113. The number of fused-ring (bicyclic) bond motifs is 1. The SMILES string of the molecule is CC1=C(C(=O)Nc2ccccc2)[C@H](c2cccs2)n2c(s/c(=C/c3cc(Cl)ccc3OC(C)C)c2=O)=N1. The summed E-state index contributed by atoms with van der Waals surface area (Å²) in [5, 5.41) is 5.44. The smallest absolute Gasteiger partial charge is 0.271 e. The summed E-state index contributed by atoms with van der Waals surface area (Å²) in [6.07, 6.45) is 1.74. The summed E-state index contributed by atoms with van der Waals surface area (Å²) in [6, 6.07) is 17.8. The Bertz CT molecular complexity index is 1670. The first kappa shape index (κ1) is 25.2. The van der Waals surface area contributed by atoms with Crippen LogP contribution in [-0.4, -0.2) is 16.6 Å². The normalized spacial score (nSPS) is 15.5. The summed E-state index contributed by atoms with van der Waals surface area (Å²) in [4.78, 5) is 33.5. The molecular weight excluding hydrogens is 526 g/mol. The third-order valence-electron chi connectivity index (χ3n) is 5.73. The largest absolute Gasteiger partial charge is 0.490 e. The van der Waals surface area contributed by atoms with Crippen molar-refractivity contribution in [1.82, 2.24) is 4.57 Å². The number of para-hydroxylation sites is 1. The van der Waals surface area contributed by atoms with Gasteiger partial charge in [0.05, 0.1) is 21.9 Å². The van der Waals surface area contributed by atoms with Gasteiger partial charge in [-0.3, -0.25) is 14.2 Å². The molecule has 1 aliphatic heterocycles. The molecule has 0 unspecified atom stereocenters. The van der Waals surface area contributed by atoms with Crippen LogP contribution in [0.25, 0.3) is 6.08 Å². The molecule has 188 valence electrons. The lowest BCUT2D eigenvalue weighted by Gasteiger charge is -2.24. The number of benzene rings is 2. The van der Waals surface area contributed by atoms with Crippen LogP contribution in [0.5, 0.6) is 5.75 Å². The molecule has 2 aromatic heterocycles. The average Bonchev–Trinajstić information content (AvgIpc) is 3.49. The molecule has 3 heterocycles. The minimum Gasteiger partial charge on any atom is -0.490 e. The number of allylic oxidation sites excluding steroid dienone is 1. The van der Waals surface area contributed by atoms with Gasteiger partial charge in [-0.1, -0.05) is 47.2 Å². The van der Waals surface area contributed by atoms with Crippen molar-refractivity contribution in [2.45, 2.75) is 32.9 Å². The number of thiazole rings is 1. The number of thiophene rings is 1. The van der Waals surface area contributed by atoms with Crippen LogP contribution in [0, 0.1) is 0 Å². The van der Waals surface area contributed by atoms with Crippen molar-refractivity contribution in [2.75, 3.05) is 5.32 Å². The van der Waals surface area contributed by atoms with E-state index >= 15 is 0 Å². The molecule has 0 spiro atoms. The number of hydrogen-bond donors (Lipinski definition) is 1. The summed E-state index contributed by atoms with van der Waals surface area (Å²) >= 11 is 9.05. The number of nitrogens with zero attached hydrogens (tertiary/aromatic N) is 2. The van der Waals surface area contributed by atoms with E-state index < -0.39 is 6.04 Å². The molecule has 0 saturated carbocycles. The Balaban J connectivity index is 1.65. The fourth-order valence-corrected chi connectivity index (χ4v) is 6.22. The standard InChI is InChI=1S/C28H24ClN3O3S2/c1-16(2)35-21-12-11-19(29)14-18(21)15-23-27(34)32-25(22-10-7-13-36-22)24(17(3)30-28(32)37-23)26(33)31-20-8-5-4-6-9-20/h4-16,25H,1-3H3,(H,31,33)/b23-15+/t25-/m0/s1. The van der Waals surface area contributed by atoms with Crippen molar-refractivity contribution in [3.8, 4) is 5.75 Å². The number of anilines is 1. The van der Waals surface area contributed by atoms with E-state index in [1.54, 1.807) is 28.8 Å². The second-order valence-electron chi connectivity index (χ2n) is 8.77. The predicted molar refractivity (Wildman–Crippen MR) is 150 cm³/mol. The van der Waals surface area contributed by atoms with Gasteiger partial charge in [-0.25, -0.2) is 4.99 Å². The number of amides is 1. The maximum Gasteiger partial charge on any atom is 0.271 e. The molecule has 0 bridgehead atoms. The van der Waals surface area contributed by atoms with Gasteiger partial charge < -0.3 is 10.1 Å². The van der Waals surface area contributed by atoms with Crippen LogP contribution in [0.2, 0.25) is 5.02 Å². The zero-order valence-corrected chi connectivity index (χ0v) is 22.8. The van der Waals surface area contributed by atoms with E-state index in [-0.39, 0.29) is 17.6 Å². The number of carbonyl (C=O) groups excluding carboxylic acids is 1. The number of halogens is 1.